The van der Waals surface area contributed by atoms with E-state index in [0.717, 1.165) is 11.4 Å². The van der Waals surface area contributed by atoms with Crippen LogP contribution in [-0.4, -0.2) is 11.7 Å². The predicted octanol–water partition coefficient (Wildman–Crippen LogP) is 3.00. The van der Waals surface area contributed by atoms with Gasteiger partial charge in [0.1, 0.15) is 0 Å². The van der Waals surface area contributed by atoms with Gasteiger partial charge in [-0.25, -0.2) is 0 Å². The molecule has 1 aliphatic rings. The van der Waals surface area contributed by atoms with Crippen molar-refractivity contribution < 1.29 is 5.11 Å². The fraction of sp³-hybridized carbons (Fsp3) is 0.500. The van der Waals surface area contributed by atoms with E-state index in [0.29, 0.717) is 0 Å². The third-order valence-corrected chi connectivity index (χ3v) is 3.83. The van der Waals surface area contributed by atoms with E-state index >= 15 is 0 Å². The molecule has 0 saturated heterocycles. The molecule has 1 unspecified atom stereocenters. The maximum Gasteiger partial charge on any atom is 0.0533 e. The molecule has 76 valence electrons. The van der Waals surface area contributed by atoms with Gasteiger partial charge in [-0.1, -0.05) is 37.6 Å². The normalized spacial score (nSPS) is 28.9. The van der Waals surface area contributed by atoms with Gasteiger partial charge in [0.2, 0.25) is 0 Å². The second-order valence-electron chi connectivity index (χ2n) is 4.81. The summed E-state index contributed by atoms with van der Waals surface area (Å²) in [6.07, 6.45) is 1.05. The Hall–Kier alpha value is -0.530. The average molecular weight is 211 g/mol. The first-order valence-electron chi connectivity index (χ1n) is 4.89. The molecule has 1 nitrogen and oxygen atoms in total. The molecule has 1 aromatic carbocycles. The van der Waals surface area contributed by atoms with Crippen LogP contribution in [0.3, 0.4) is 0 Å². The molecule has 0 bridgehead atoms. The van der Waals surface area contributed by atoms with Crippen LogP contribution in [0.5, 0.6) is 0 Å². The van der Waals surface area contributed by atoms with Crippen molar-refractivity contribution in [2.75, 3.05) is 6.61 Å². The minimum Gasteiger partial charge on any atom is -0.395 e. The summed E-state index contributed by atoms with van der Waals surface area (Å²) < 4.78 is 0. The van der Waals surface area contributed by atoms with Gasteiger partial charge < -0.3 is 5.11 Å². The highest BCUT2D eigenvalue weighted by Crippen LogP contribution is 2.63. The zero-order valence-corrected chi connectivity index (χ0v) is 9.30. The Labute approximate surface area is 89.7 Å². The summed E-state index contributed by atoms with van der Waals surface area (Å²) in [5, 5.41) is 10.2. The molecular weight excluding hydrogens is 196 g/mol. The summed E-state index contributed by atoms with van der Waals surface area (Å²) in [7, 11) is 0. The molecule has 1 aromatic rings. The van der Waals surface area contributed by atoms with E-state index < -0.39 is 0 Å². The molecule has 0 aromatic heterocycles. The Morgan fingerprint density at radius 1 is 1.29 bits per heavy atom. The van der Waals surface area contributed by atoms with Crippen molar-refractivity contribution in [1.82, 2.24) is 0 Å². The zero-order valence-electron chi connectivity index (χ0n) is 8.55. The van der Waals surface area contributed by atoms with Gasteiger partial charge in [-0.15, -0.1) is 0 Å². The van der Waals surface area contributed by atoms with Gasteiger partial charge in [0, 0.05) is 10.4 Å². The summed E-state index contributed by atoms with van der Waals surface area (Å²) >= 11 is 5.83. The van der Waals surface area contributed by atoms with Crippen LogP contribution in [-0.2, 0) is 5.41 Å². The van der Waals surface area contributed by atoms with Crippen LogP contribution in [0, 0.1) is 5.41 Å². The Morgan fingerprint density at radius 2 is 1.79 bits per heavy atom. The summed E-state index contributed by atoms with van der Waals surface area (Å²) in [5.41, 5.74) is 1.39. The predicted molar refractivity (Wildman–Crippen MR) is 58.6 cm³/mol. The largest absolute Gasteiger partial charge is 0.395 e. The van der Waals surface area contributed by atoms with Gasteiger partial charge >= 0.3 is 0 Å². The van der Waals surface area contributed by atoms with Crippen molar-refractivity contribution in [3.63, 3.8) is 0 Å². The monoisotopic (exact) mass is 210 g/mol. The fourth-order valence-electron chi connectivity index (χ4n) is 2.33. The van der Waals surface area contributed by atoms with E-state index in [1.54, 1.807) is 0 Å². The van der Waals surface area contributed by atoms with E-state index in [4.69, 9.17) is 11.6 Å². The van der Waals surface area contributed by atoms with Gasteiger partial charge in [0.05, 0.1) is 6.61 Å². The summed E-state index contributed by atoms with van der Waals surface area (Å²) in [4.78, 5) is 0. The Kier molecular flexibility index (Phi) is 2.13. The third kappa shape index (κ3) is 1.27. The molecular formula is C12H15ClO. The first-order chi connectivity index (χ1) is 6.52. The number of aliphatic hydroxyl groups is 1. The second-order valence-corrected chi connectivity index (χ2v) is 5.24. The van der Waals surface area contributed by atoms with Crippen LogP contribution in [0.25, 0.3) is 0 Å². The molecule has 0 radical (unpaired) electrons. The zero-order chi connectivity index (χ0) is 10.4. The van der Waals surface area contributed by atoms with Crippen molar-refractivity contribution in [2.24, 2.45) is 5.41 Å². The molecule has 1 aliphatic carbocycles. The average Bonchev–Trinajstić information content (AvgIpc) is 2.71. The van der Waals surface area contributed by atoms with E-state index in [9.17, 15) is 5.11 Å². The van der Waals surface area contributed by atoms with Gasteiger partial charge in [-0.05, 0) is 29.5 Å². The van der Waals surface area contributed by atoms with Crippen molar-refractivity contribution in [3.8, 4) is 0 Å². The van der Waals surface area contributed by atoms with Crippen LogP contribution in [0.4, 0.5) is 0 Å². The standard InChI is InChI=1S/C12H15ClO/c1-11(2)7-12(11,8-14)9-3-5-10(13)6-4-9/h3-6,14H,7-8H2,1-2H3. The van der Waals surface area contributed by atoms with Crippen LogP contribution in [0.1, 0.15) is 25.8 Å². The van der Waals surface area contributed by atoms with E-state index in [-0.39, 0.29) is 17.4 Å². The summed E-state index contributed by atoms with van der Waals surface area (Å²) in [6.45, 7) is 4.61. The molecule has 1 saturated carbocycles. The van der Waals surface area contributed by atoms with Gasteiger partial charge in [0.15, 0.2) is 0 Å². The smallest absolute Gasteiger partial charge is 0.0533 e. The second kappa shape index (κ2) is 2.98. The summed E-state index contributed by atoms with van der Waals surface area (Å²) in [6, 6.07) is 7.83. The Balaban J connectivity index is 2.36. The molecule has 0 amide bonds. The van der Waals surface area contributed by atoms with Crippen molar-refractivity contribution in [1.29, 1.82) is 0 Å². The number of halogens is 1. The highest BCUT2D eigenvalue weighted by molar-refractivity contribution is 6.30. The Bertz CT molecular complexity index is 342. The molecule has 1 fully saturated rings. The first-order valence-corrected chi connectivity index (χ1v) is 5.27. The Morgan fingerprint density at radius 3 is 2.14 bits per heavy atom. The van der Waals surface area contributed by atoms with Crippen molar-refractivity contribution >= 4 is 11.6 Å². The molecule has 14 heavy (non-hydrogen) atoms. The molecule has 2 rings (SSSR count). The SMILES string of the molecule is CC1(C)CC1(CO)c1ccc(Cl)cc1. The van der Waals surface area contributed by atoms with Crippen molar-refractivity contribution in [3.05, 3.63) is 34.9 Å². The van der Waals surface area contributed by atoms with Gasteiger partial charge in [-0.2, -0.15) is 0 Å². The highest BCUT2D eigenvalue weighted by atomic mass is 35.5. The summed E-state index contributed by atoms with van der Waals surface area (Å²) in [5.74, 6) is 0. The minimum absolute atomic E-state index is 0.0302. The van der Waals surface area contributed by atoms with E-state index in [2.05, 4.69) is 13.8 Å². The number of rotatable bonds is 2. The fourth-order valence-corrected chi connectivity index (χ4v) is 2.46. The van der Waals surface area contributed by atoms with Crippen LogP contribution >= 0.6 is 11.6 Å². The lowest BCUT2D eigenvalue weighted by atomic mass is 9.89. The van der Waals surface area contributed by atoms with Crippen molar-refractivity contribution in [2.45, 2.75) is 25.7 Å². The molecule has 0 aliphatic heterocycles. The topological polar surface area (TPSA) is 20.2 Å². The van der Waals surface area contributed by atoms with E-state index in [1.807, 2.05) is 24.3 Å². The lowest BCUT2D eigenvalue weighted by Crippen LogP contribution is -2.18. The lowest BCUT2D eigenvalue weighted by molar-refractivity contribution is 0.231. The lowest BCUT2D eigenvalue weighted by Gasteiger charge is -2.18. The molecule has 2 heteroatoms. The maximum absolute atomic E-state index is 9.48. The highest BCUT2D eigenvalue weighted by Gasteiger charge is 2.61. The van der Waals surface area contributed by atoms with Crippen LogP contribution < -0.4 is 0 Å². The van der Waals surface area contributed by atoms with Crippen LogP contribution in [0.15, 0.2) is 24.3 Å². The van der Waals surface area contributed by atoms with Gasteiger partial charge in [0.25, 0.3) is 0 Å². The van der Waals surface area contributed by atoms with Crippen LogP contribution in [0.2, 0.25) is 5.02 Å². The quantitative estimate of drug-likeness (QED) is 0.796. The number of hydrogen-bond donors (Lipinski definition) is 1. The molecule has 0 spiro atoms. The minimum atomic E-state index is -0.0302. The number of aliphatic hydroxyl groups excluding tert-OH is 1. The van der Waals surface area contributed by atoms with Gasteiger partial charge in [-0.3, -0.25) is 0 Å². The molecule has 1 atom stereocenters. The third-order valence-electron chi connectivity index (χ3n) is 3.58. The first kappa shape index (κ1) is 10.0. The molecule has 1 N–H and O–H groups in total. The van der Waals surface area contributed by atoms with E-state index in [1.165, 1.54) is 5.56 Å². The molecule has 0 heterocycles. The maximum atomic E-state index is 9.48. The number of benzene rings is 1. The number of hydrogen-bond acceptors (Lipinski definition) is 1.